The van der Waals surface area contributed by atoms with Gasteiger partial charge in [0.2, 0.25) is 5.78 Å². The van der Waals surface area contributed by atoms with E-state index in [1.165, 1.54) is 6.21 Å². The number of carbonyl (C=O) groups is 1. The zero-order chi connectivity index (χ0) is 5.98. The largest absolute Gasteiger partial charge is 0.288 e. The molecule has 0 aromatic rings. The maximum Gasteiger partial charge on any atom is 0.201 e. The normalized spacial score (nSPS) is 17.1. The summed E-state index contributed by atoms with van der Waals surface area (Å²) in [6.45, 7) is 1.94. The van der Waals surface area contributed by atoms with Crippen LogP contribution in [0.25, 0.3) is 0 Å². The fraction of sp³-hybridized carbons (Fsp3) is 0.333. The summed E-state index contributed by atoms with van der Waals surface area (Å²) in [6.07, 6.45) is 3.75. The molecule has 0 bridgehead atoms. The van der Waals surface area contributed by atoms with E-state index in [2.05, 4.69) is 4.99 Å². The molecule has 0 radical (unpaired) electrons. The Bertz CT molecular complexity index is 167. The van der Waals surface area contributed by atoms with Crippen molar-refractivity contribution < 1.29 is 4.79 Å². The zero-order valence-electron chi connectivity index (χ0n) is 4.72. The van der Waals surface area contributed by atoms with Gasteiger partial charge in [-0.1, -0.05) is 6.92 Å². The van der Waals surface area contributed by atoms with Crippen LogP contribution in [0.1, 0.15) is 13.3 Å². The Hall–Kier alpha value is -0.920. The minimum absolute atomic E-state index is 0.0625. The molecule has 8 heavy (non-hydrogen) atoms. The molecule has 1 aliphatic heterocycles. The second-order valence-electron chi connectivity index (χ2n) is 1.65. The van der Waals surface area contributed by atoms with E-state index >= 15 is 0 Å². The Kier molecular flexibility index (Phi) is 1.24. The van der Waals surface area contributed by atoms with E-state index in [1.807, 2.05) is 6.92 Å². The summed E-state index contributed by atoms with van der Waals surface area (Å²) in [4.78, 5) is 14.3. The first-order chi connectivity index (χ1) is 3.84. The summed E-state index contributed by atoms with van der Waals surface area (Å²) in [5.41, 5.74) is 0.810. The van der Waals surface area contributed by atoms with Gasteiger partial charge < -0.3 is 0 Å². The monoisotopic (exact) mass is 109 g/mol. The van der Waals surface area contributed by atoms with Gasteiger partial charge in [-0.3, -0.25) is 9.79 Å². The first kappa shape index (κ1) is 5.22. The van der Waals surface area contributed by atoms with Gasteiger partial charge in [-0.2, -0.15) is 0 Å². The first-order valence-electron chi connectivity index (χ1n) is 2.61. The number of Topliss-reactive ketones (excluding diaryl/α,β-unsaturated/α-hetero) is 1. The molecule has 0 aromatic heterocycles. The topological polar surface area (TPSA) is 29.4 Å². The number of hydrogen-bond acceptors (Lipinski definition) is 2. The number of carbonyl (C=O) groups excluding carboxylic acids is 1. The molecule has 0 spiro atoms. The van der Waals surface area contributed by atoms with Crippen molar-refractivity contribution in [3.8, 4) is 0 Å². The molecule has 0 fully saturated rings. The van der Waals surface area contributed by atoms with E-state index in [9.17, 15) is 4.79 Å². The Morgan fingerprint density at radius 3 is 2.75 bits per heavy atom. The molecule has 0 N–H and O–H groups in total. The van der Waals surface area contributed by atoms with Crippen LogP contribution < -0.4 is 0 Å². The van der Waals surface area contributed by atoms with Crippen molar-refractivity contribution in [3.05, 3.63) is 11.8 Å². The fourth-order valence-electron chi connectivity index (χ4n) is 0.607. The smallest absolute Gasteiger partial charge is 0.201 e. The van der Waals surface area contributed by atoms with Gasteiger partial charge in [-0.25, -0.2) is 0 Å². The molecule has 0 unspecified atom stereocenters. The van der Waals surface area contributed by atoms with E-state index in [4.69, 9.17) is 0 Å². The summed E-state index contributed by atoms with van der Waals surface area (Å²) in [5, 5.41) is 0. The Balaban J connectivity index is 2.73. The van der Waals surface area contributed by atoms with Crippen LogP contribution in [0.3, 0.4) is 0 Å². The highest BCUT2D eigenvalue weighted by molar-refractivity contribution is 6.36. The van der Waals surface area contributed by atoms with Crippen LogP contribution in [0, 0.1) is 0 Å². The molecule has 0 atom stereocenters. The standard InChI is InChI=1S/C6H7NO/c1-2-5-3-7-4-6(5)8/h3-4H,2H2,1H3. The third-order valence-electron chi connectivity index (χ3n) is 1.12. The van der Waals surface area contributed by atoms with Gasteiger partial charge in [-0.05, 0) is 6.42 Å². The lowest BCUT2D eigenvalue weighted by molar-refractivity contribution is -0.109. The summed E-state index contributed by atoms with van der Waals surface area (Å²) in [6, 6.07) is 0. The molecule has 0 aromatic carbocycles. The predicted molar refractivity (Wildman–Crippen MR) is 31.9 cm³/mol. The summed E-state index contributed by atoms with van der Waals surface area (Å²) < 4.78 is 0. The lowest BCUT2D eigenvalue weighted by Crippen LogP contribution is -1.96. The number of hydrogen-bond donors (Lipinski definition) is 0. The molecule has 2 nitrogen and oxygen atoms in total. The van der Waals surface area contributed by atoms with Gasteiger partial charge >= 0.3 is 0 Å². The minimum atomic E-state index is 0.0625. The van der Waals surface area contributed by atoms with Gasteiger partial charge in [0.1, 0.15) is 0 Å². The van der Waals surface area contributed by atoms with Crippen LogP contribution in [-0.4, -0.2) is 12.0 Å². The zero-order valence-corrected chi connectivity index (χ0v) is 4.72. The van der Waals surface area contributed by atoms with Crippen molar-refractivity contribution in [2.75, 3.05) is 0 Å². The van der Waals surface area contributed by atoms with E-state index in [0.29, 0.717) is 0 Å². The fourth-order valence-corrected chi connectivity index (χ4v) is 0.607. The second-order valence-corrected chi connectivity index (χ2v) is 1.65. The maximum atomic E-state index is 10.6. The van der Waals surface area contributed by atoms with Crippen molar-refractivity contribution in [1.82, 2.24) is 0 Å². The van der Waals surface area contributed by atoms with Crippen LogP contribution in [0.15, 0.2) is 16.8 Å². The van der Waals surface area contributed by atoms with E-state index in [-0.39, 0.29) is 5.78 Å². The van der Waals surface area contributed by atoms with Gasteiger partial charge in [0.15, 0.2) is 0 Å². The predicted octanol–water partition coefficient (Wildman–Crippen LogP) is 0.934. The number of rotatable bonds is 1. The molecule has 0 saturated heterocycles. The van der Waals surface area contributed by atoms with E-state index in [0.717, 1.165) is 12.0 Å². The van der Waals surface area contributed by atoms with Gasteiger partial charge in [0.25, 0.3) is 0 Å². The first-order valence-corrected chi connectivity index (χ1v) is 2.61. The van der Waals surface area contributed by atoms with Crippen molar-refractivity contribution in [2.45, 2.75) is 13.3 Å². The van der Waals surface area contributed by atoms with Crippen LogP contribution in [0.2, 0.25) is 0 Å². The number of aliphatic imine (C=N–C) groups is 1. The third-order valence-corrected chi connectivity index (χ3v) is 1.12. The van der Waals surface area contributed by atoms with Gasteiger partial charge in [0, 0.05) is 11.8 Å². The molecule has 0 saturated carbocycles. The molecule has 1 heterocycles. The maximum absolute atomic E-state index is 10.6. The average molecular weight is 109 g/mol. The molecule has 42 valence electrons. The number of nitrogens with zero attached hydrogens (tertiary/aromatic N) is 1. The van der Waals surface area contributed by atoms with E-state index < -0.39 is 0 Å². The second kappa shape index (κ2) is 1.90. The van der Waals surface area contributed by atoms with Crippen LogP contribution >= 0.6 is 0 Å². The SMILES string of the molecule is CCC1=CN=CC1=O. The van der Waals surface area contributed by atoms with Gasteiger partial charge in [0.05, 0.1) is 6.21 Å². The minimum Gasteiger partial charge on any atom is -0.288 e. The van der Waals surface area contributed by atoms with Crippen molar-refractivity contribution in [2.24, 2.45) is 4.99 Å². The quantitative estimate of drug-likeness (QED) is 0.492. The summed E-state index contributed by atoms with van der Waals surface area (Å²) >= 11 is 0. The lowest BCUT2D eigenvalue weighted by Gasteiger charge is -1.86. The van der Waals surface area contributed by atoms with Crippen molar-refractivity contribution in [3.63, 3.8) is 0 Å². The highest BCUT2D eigenvalue weighted by atomic mass is 16.1. The molecule has 0 aliphatic carbocycles. The average Bonchev–Trinajstić information content (AvgIpc) is 2.14. The molecule has 1 aliphatic rings. The lowest BCUT2D eigenvalue weighted by atomic mass is 10.2. The van der Waals surface area contributed by atoms with Crippen LogP contribution in [0.5, 0.6) is 0 Å². The summed E-state index contributed by atoms with van der Waals surface area (Å²) in [7, 11) is 0. The Morgan fingerprint density at radius 2 is 2.50 bits per heavy atom. The van der Waals surface area contributed by atoms with Crippen LogP contribution in [0.4, 0.5) is 0 Å². The van der Waals surface area contributed by atoms with Crippen molar-refractivity contribution >= 4 is 12.0 Å². The third kappa shape index (κ3) is 0.689. The molecule has 2 heteroatoms. The number of ketones is 1. The van der Waals surface area contributed by atoms with Gasteiger partial charge in [-0.15, -0.1) is 0 Å². The van der Waals surface area contributed by atoms with Crippen LogP contribution in [-0.2, 0) is 4.79 Å². The summed E-state index contributed by atoms with van der Waals surface area (Å²) in [5.74, 6) is 0.0625. The van der Waals surface area contributed by atoms with E-state index in [1.54, 1.807) is 6.20 Å². The highest BCUT2D eigenvalue weighted by Crippen LogP contribution is 2.05. The highest BCUT2D eigenvalue weighted by Gasteiger charge is 2.06. The molecular formula is C6H7NO. The molecule has 0 amide bonds. The Labute approximate surface area is 47.9 Å². The molecule has 1 rings (SSSR count). The number of allylic oxidation sites excluding steroid dienone is 1. The molecular weight excluding hydrogens is 102 g/mol. The van der Waals surface area contributed by atoms with Crippen molar-refractivity contribution in [1.29, 1.82) is 0 Å². The Morgan fingerprint density at radius 1 is 1.75 bits per heavy atom.